The highest BCUT2D eigenvalue weighted by Gasteiger charge is 2.14. The molecule has 1 aromatic heterocycles. The molecule has 1 heterocycles. The molecule has 116 valence electrons. The van der Waals surface area contributed by atoms with Crippen molar-refractivity contribution in [2.24, 2.45) is 0 Å². The number of anilines is 3. The van der Waals surface area contributed by atoms with Gasteiger partial charge in [-0.05, 0) is 18.4 Å². The summed E-state index contributed by atoms with van der Waals surface area (Å²) in [7, 11) is 0. The fourth-order valence-electron chi connectivity index (χ4n) is 2.85. The van der Waals surface area contributed by atoms with Crippen LogP contribution in [-0.2, 0) is 6.54 Å². The lowest BCUT2D eigenvalue weighted by atomic mass is 9.95. The Morgan fingerprint density at radius 3 is 2.59 bits per heavy atom. The molecule has 0 unspecified atom stereocenters. The Kier molecular flexibility index (Phi) is 4.73. The zero-order valence-electron chi connectivity index (χ0n) is 12.8. The number of rotatable bonds is 5. The zero-order chi connectivity index (χ0) is 15.2. The molecule has 0 amide bonds. The van der Waals surface area contributed by atoms with Gasteiger partial charge in [0.1, 0.15) is 11.6 Å². The Morgan fingerprint density at radius 1 is 1.05 bits per heavy atom. The highest BCUT2D eigenvalue weighted by Crippen LogP contribution is 2.22. The van der Waals surface area contributed by atoms with Crippen LogP contribution in [0.1, 0.15) is 37.7 Å². The Morgan fingerprint density at radius 2 is 1.82 bits per heavy atom. The van der Waals surface area contributed by atoms with Crippen molar-refractivity contribution in [3.8, 4) is 0 Å². The van der Waals surface area contributed by atoms with Crippen LogP contribution in [0, 0.1) is 0 Å². The Labute approximate surface area is 131 Å². The minimum absolute atomic E-state index is 0.490. The van der Waals surface area contributed by atoms with Crippen molar-refractivity contribution in [1.82, 2.24) is 9.97 Å². The Bertz CT molecular complexity index is 593. The lowest BCUT2D eigenvalue weighted by Crippen LogP contribution is -2.23. The van der Waals surface area contributed by atoms with E-state index in [1.165, 1.54) is 37.7 Å². The number of hydrogen-bond donors (Lipinski definition) is 3. The summed E-state index contributed by atoms with van der Waals surface area (Å²) in [5.74, 6) is 1.88. The van der Waals surface area contributed by atoms with Crippen LogP contribution >= 0.6 is 0 Å². The molecule has 0 saturated heterocycles. The molecule has 2 aromatic rings. The van der Waals surface area contributed by atoms with Gasteiger partial charge in [0.15, 0.2) is 0 Å². The van der Waals surface area contributed by atoms with Gasteiger partial charge in [-0.2, -0.15) is 9.97 Å². The van der Waals surface area contributed by atoms with Crippen LogP contribution in [0.4, 0.5) is 17.6 Å². The molecule has 0 bridgehead atoms. The van der Waals surface area contributed by atoms with Crippen LogP contribution in [0.25, 0.3) is 0 Å². The number of nitrogens with two attached hydrogens (primary N) is 1. The summed E-state index contributed by atoms with van der Waals surface area (Å²) >= 11 is 0. The van der Waals surface area contributed by atoms with Crippen LogP contribution in [0.5, 0.6) is 0 Å². The van der Waals surface area contributed by atoms with E-state index in [0.717, 1.165) is 5.82 Å². The van der Waals surface area contributed by atoms with E-state index in [0.29, 0.717) is 24.4 Å². The van der Waals surface area contributed by atoms with Gasteiger partial charge < -0.3 is 16.4 Å². The van der Waals surface area contributed by atoms with Gasteiger partial charge in [0.05, 0.1) is 0 Å². The molecule has 1 aromatic carbocycles. The van der Waals surface area contributed by atoms with E-state index < -0.39 is 0 Å². The molecule has 0 spiro atoms. The van der Waals surface area contributed by atoms with Gasteiger partial charge in [0.2, 0.25) is 5.95 Å². The van der Waals surface area contributed by atoms with Crippen LogP contribution in [0.15, 0.2) is 36.4 Å². The van der Waals surface area contributed by atoms with Crippen molar-refractivity contribution in [2.75, 3.05) is 16.4 Å². The maximum absolute atomic E-state index is 5.90. The van der Waals surface area contributed by atoms with Gasteiger partial charge in [0, 0.05) is 18.7 Å². The van der Waals surface area contributed by atoms with Crippen LogP contribution in [0.2, 0.25) is 0 Å². The normalized spacial score (nSPS) is 15.5. The first-order chi connectivity index (χ1) is 10.8. The average Bonchev–Trinajstić information content (AvgIpc) is 2.54. The van der Waals surface area contributed by atoms with Crippen LogP contribution < -0.4 is 16.4 Å². The molecule has 0 atom stereocenters. The fraction of sp³-hybridized carbons (Fsp3) is 0.412. The van der Waals surface area contributed by atoms with E-state index in [9.17, 15) is 0 Å². The highest BCUT2D eigenvalue weighted by molar-refractivity contribution is 5.50. The van der Waals surface area contributed by atoms with Crippen molar-refractivity contribution in [3.05, 3.63) is 42.0 Å². The Balaban J connectivity index is 1.64. The number of nitrogens with one attached hydrogen (secondary N) is 2. The molecular weight excluding hydrogens is 274 g/mol. The van der Waals surface area contributed by atoms with Crippen LogP contribution in [-0.4, -0.2) is 16.0 Å². The SMILES string of the molecule is Nc1cc(NC2CCCCC2)nc(NCc2ccccc2)n1. The largest absolute Gasteiger partial charge is 0.383 e. The molecule has 4 N–H and O–H groups in total. The predicted molar refractivity (Wildman–Crippen MR) is 90.7 cm³/mol. The van der Waals surface area contributed by atoms with Crippen LogP contribution in [0.3, 0.4) is 0 Å². The van der Waals surface area contributed by atoms with Gasteiger partial charge in [0.25, 0.3) is 0 Å². The lowest BCUT2D eigenvalue weighted by molar-refractivity contribution is 0.462. The molecular formula is C17H23N5. The van der Waals surface area contributed by atoms with Gasteiger partial charge >= 0.3 is 0 Å². The third kappa shape index (κ3) is 4.10. The fourth-order valence-corrected chi connectivity index (χ4v) is 2.85. The highest BCUT2D eigenvalue weighted by atomic mass is 15.2. The number of nitrogen functional groups attached to an aromatic ring is 1. The molecule has 1 aliphatic carbocycles. The van der Waals surface area contributed by atoms with Crippen molar-refractivity contribution < 1.29 is 0 Å². The molecule has 1 aliphatic rings. The molecule has 22 heavy (non-hydrogen) atoms. The quantitative estimate of drug-likeness (QED) is 0.788. The van der Waals surface area contributed by atoms with Crippen molar-refractivity contribution >= 4 is 17.6 Å². The number of hydrogen-bond acceptors (Lipinski definition) is 5. The summed E-state index contributed by atoms with van der Waals surface area (Å²) in [5.41, 5.74) is 7.09. The first-order valence-corrected chi connectivity index (χ1v) is 7.98. The maximum Gasteiger partial charge on any atom is 0.226 e. The van der Waals surface area contributed by atoms with E-state index >= 15 is 0 Å². The second-order valence-corrected chi connectivity index (χ2v) is 5.82. The summed E-state index contributed by atoms with van der Waals surface area (Å²) in [6, 6.07) is 12.5. The summed E-state index contributed by atoms with van der Waals surface area (Å²) in [5, 5.41) is 6.73. The third-order valence-electron chi connectivity index (χ3n) is 4.00. The summed E-state index contributed by atoms with van der Waals surface area (Å²) in [4.78, 5) is 8.79. The summed E-state index contributed by atoms with van der Waals surface area (Å²) < 4.78 is 0. The summed E-state index contributed by atoms with van der Waals surface area (Å²) in [6.45, 7) is 0.688. The van der Waals surface area contributed by atoms with Crippen molar-refractivity contribution in [1.29, 1.82) is 0 Å². The van der Waals surface area contributed by atoms with E-state index in [-0.39, 0.29) is 0 Å². The minimum atomic E-state index is 0.490. The molecule has 0 aliphatic heterocycles. The molecule has 0 radical (unpaired) electrons. The second-order valence-electron chi connectivity index (χ2n) is 5.82. The molecule has 3 rings (SSSR count). The minimum Gasteiger partial charge on any atom is -0.383 e. The molecule has 1 fully saturated rings. The molecule has 5 nitrogen and oxygen atoms in total. The first-order valence-electron chi connectivity index (χ1n) is 7.98. The number of nitrogens with zero attached hydrogens (tertiary/aromatic N) is 2. The predicted octanol–water partition coefficient (Wildman–Crippen LogP) is 3.42. The smallest absolute Gasteiger partial charge is 0.226 e. The van der Waals surface area contributed by atoms with Gasteiger partial charge in [-0.1, -0.05) is 49.6 Å². The lowest BCUT2D eigenvalue weighted by Gasteiger charge is -2.23. The van der Waals surface area contributed by atoms with Crippen molar-refractivity contribution in [2.45, 2.75) is 44.7 Å². The second kappa shape index (κ2) is 7.11. The zero-order valence-corrected chi connectivity index (χ0v) is 12.8. The molecule has 1 saturated carbocycles. The van der Waals surface area contributed by atoms with E-state index in [4.69, 9.17) is 5.73 Å². The van der Waals surface area contributed by atoms with E-state index in [1.807, 2.05) is 24.3 Å². The van der Waals surface area contributed by atoms with E-state index in [2.05, 4.69) is 32.7 Å². The maximum atomic E-state index is 5.90. The third-order valence-corrected chi connectivity index (χ3v) is 4.00. The first kappa shape index (κ1) is 14.6. The Hall–Kier alpha value is -2.30. The van der Waals surface area contributed by atoms with E-state index in [1.54, 1.807) is 0 Å². The number of aromatic nitrogens is 2. The monoisotopic (exact) mass is 297 g/mol. The van der Waals surface area contributed by atoms with Gasteiger partial charge in [-0.25, -0.2) is 0 Å². The van der Waals surface area contributed by atoms with Crippen molar-refractivity contribution in [3.63, 3.8) is 0 Å². The molecule has 5 heteroatoms. The number of benzene rings is 1. The average molecular weight is 297 g/mol. The standard InChI is InChI=1S/C17H23N5/c18-15-11-16(20-14-9-5-2-6-10-14)22-17(21-15)19-12-13-7-3-1-4-8-13/h1,3-4,7-8,11,14H,2,5-6,9-10,12H2,(H4,18,19,20,21,22). The summed E-state index contributed by atoms with van der Waals surface area (Å²) in [6.07, 6.45) is 6.33. The topological polar surface area (TPSA) is 75.9 Å². The van der Waals surface area contributed by atoms with Gasteiger partial charge in [-0.15, -0.1) is 0 Å². The van der Waals surface area contributed by atoms with Gasteiger partial charge in [-0.3, -0.25) is 0 Å².